The molecule has 0 heterocycles. The first kappa shape index (κ1) is 14.1. The Morgan fingerprint density at radius 3 is 2.33 bits per heavy atom. The third-order valence-corrected chi connectivity index (χ3v) is 4.74. The number of ketones is 2. The number of carbonyl (C=O) groups excluding carboxylic acids is 2. The molecular formula is C18H21NO2. The lowest BCUT2D eigenvalue weighted by Crippen LogP contribution is -2.26. The topological polar surface area (TPSA) is 46.2 Å². The molecule has 3 nitrogen and oxygen atoms in total. The molecule has 0 aromatic heterocycles. The highest BCUT2D eigenvalue weighted by atomic mass is 16.1. The molecule has 0 unspecified atom stereocenters. The lowest BCUT2D eigenvalue weighted by atomic mass is 9.84. The number of allylic oxidation sites excluding steroid dienone is 2. The molecule has 0 atom stereocenters. The highest BCUT2D eigenvalue weighted by Gasteiger charge is 2.30. The smallest absolute Gasteiger partial charge is 0.191 e. The standard InChI is InChI=1S/C18H21NO2/c1-11-12(2)18(21)16-14(17(11)20)9-6-10-15(16)19-13-7-4-3-5-8-13/h6,9-10,13,19H,3-5,7-8H2,1-2H3. The van der Waals surface area contributed by atoms with E-state index in [1.165, 1.54) is 19.3 Å². The van der Waals surface area contributed by atoms with Crippen LogP contribution < -0.4 is 5.32 Å². The normalized spacial score (nSPS) is 19.7. The Hall–Kier alpha value is -1.90. The molecule has 110 valence electrons. The van der Waals surface area contributed by atoms with Gasteiger partial charge in [-0.05, 0) is 32.8 Å². The summed E-state index contributed by atoms with van der Waals surface area (Å²) < 4.78 is 0. The third-order valence-electron chi connectivity index (χ3n) is 4.74. The summed E-state index contributed by atoms with van der Waals surface area (Å²) >= 11 is 0. The molecular weight excluding hydrogens is 262 g/mol. The number of hydrogen-bond donors (Lipinski definition) is 1. The van der Waals surface area contributed by atoms with Gasteiger partial charge in [0.1, 0.15) is 0 Å². The number of carbonyl (C=O) groups is 2. The third kappa shape index (κ3) is 2.41. The zero-order valence-electron chi connectivity index (χ0n) is 12.7. The van der Waals surface area contributed by atoms with E-state index in [1.54, 1.807) is 19.9 Å². The van der Waals surface area contributed by atoms with Crippen molar-refractivity contribution in [2.75, 3.05) is 5.32 Å². The van der Waals surface area contributed by atoms with Crippen molar-refractivity contribution in [3.8, 4) is 0 Å². The molecule has 1 fully saturated rings. The molecule has 0 amide bonds. The van der Waals surface area contributed by atoms with E-state index < -0.39 is 0 Å². The highest BCUT2D eigenvalue weighted by Crippen LogP contribution is 2.32. The molecule has 1 N–H and O–H groups in total. The van der Waals surface area contributed by atoms with E-state index >= 15 is 0 Å². The van der Waals surface area contributed by atoms with Gasteiger partial charge in [0.15, 0.2) is 11.6 Å². The fraction of sp³-hybridized carbons (Fsp3) is 0.444. The van der Waals surface area contributed by atoms with Gasteiger partial charge in [-0.2, -0.15) is 0 Å². The Balaban J connectivity index is 1.99. The van der Waals surface area contributed by atoms with Crippen LogP contribution in [-0.4, -0.2) is 17.6 Å². The summed E-state index contributed by atoms with van der Waals surface area (Å²) in [7, 11) is 0. The number of benzene rings is 1. The monoisotopic (exact) mass is 283 g/mol. The Bertz CT molecular complexity index is 637. The first-order valence-corrected chi connectivity index (χ1v) is 7.76. The molecule has 1 saturated carbocycles. The van der Waals surface area contributed by atoms with Crippen LogP contribution in [0.15, 0.2) is 29.3 Å². The number of anilines is 1. The number of Topliss-reactive ketones (excluding diaryl/α,β-unsaturated/α-hetero) is 2. The van der Waals surface area contributed by atoms with E-state index in [2.05, 4.69) is 5.32 Å². The van der Waals surface area contributed by atoms with E-state index in [1.807, 2.05) is 12.1 Å². The van der Waals surface area contributed by atoms with Gasteiger partial charge in [0.25, 0.3) is 0 Å². The quantitative estimate of drug-likeness (QED) is 0.887. The second-order valence-corrected chi connectivity index (χ2v) is 6.12. The van der Waals surface area contributed by atoms with Crippen LogP contribution in [0.3, 0.4) is 0 Å². The van der Waals surface area contributed by atoms with Gasteiger partial charge in [0.05, 0.1) is 5.56 Å². The first-order chi connectivity index (χ1) is 10.1. The maximum atomic E-state index is 12.6. The summed E-state index contributed by atoms with van der Waals surface area (Å²) in [5.41, 5.74) is 3.08. The lowest BCUT2D eigenvalue weighted by molar-refractivity contribution is 0.0975. The van der Waals surface area contributed by atoms with Crippen LogP contribution in [0.1, 0.15) is 66.7 Å². The zero-order valence-corrected chi connectivity index (χ0v) is 12.7. The molecule has 2 aliphatic rings. The van der Waals surface area contributed by atoms with Crippen molar-refractivity contribution in [3.05, 3.63) is 40.5 Å². The van der Waals surface area contributed by atoms with Gasteiger partial charge in [-0.1, -0.05) is 31.4 Å². The van der Waals surface area contributed by atoms with E-state index in [0.717, 1.165) is 18.5 Å². The summed E-state index contributed by atoms with van der Waals surface area (Å²) in [6.45, 7) is 3.48. The van der Waals surface area contributed by atoms with Crippen LogP contribution in [0.4, 0.5) is 5.69 Å². The van der Waals surface area contributed by atoms with Crippen LogP contribution in [0.2, 0.25) is 0 Å². The Labute approximate surface area is 125 Å². The van der Waals surface area contributed by atoms with Crippen molar-refractivity contribution in [2.45, 2.75) is 52.0 Å². The number of hydrogen-bond acceptors (Lipinski definition) is 3. The Morgan fingerprint density at radius 2 is 1.62 bits per heavy atom. The summed E-state index contributed by atoms with van der Waals surface area (Å²) in [6, 6.07) is 5.97. The lowest BCUT2D eigenvalue weighted by Gasteiger charge is -2.27. The number of rotatable bonds is 2. The highest BCUT2D eigenvalue weighted by molar-refractivity contribution is 6.28. The van der Waals surface area contributed by atoms with Gasteiger partial charge in [-0.25, -0.2) is 0 Å². The van der Waals surface area contributed by atoms with Crippen molar-refractivity contribution in [3.63, 3.8) is 0 Å². The predicted octanol–water partition coefficient (Wildman–Crippen LogP) is 4.15. The minimum Gasteiger partial charge on any atom is -0.382 e. The van der Waals surface area contributed by atoms with Gasteiger partial charge < -0.3 is 5.32 Å². The van der Waals surface area contributed by atoms with Gasteiger partial charge in [-0.15, -0.1) is 0 Å². The molecule has 0 saturated heterocycles. The van der Waals surface area contributed by atoms with Crippen LogP contribution in [0, 0.1) is 0 Å². The van der Waals surface area contributed by atoms with Gasteiger partial charge >= 0.3 is 0 Å². The summed E-state index contributed by atoms with van der Waals surface area (Å²) in [5.74, 6) is -0.0320. The molecule has 21 heavy (non-hydrogen) atoms. The number of nitrogens with one attached hydrogen (secondary N) is 1. The van der Waals surface area contributed by atoms with Crippen LogP contribution >= 0.6 is 0 Å². The molecule has 0 spiro atoms. The second kappa shape index (κ2) is 5.47. The van der Waals surface area contributed by atoms with Crippen molar-refractivity contribution in [1.29, 1.82) is 0 Å². The predicted molar refractivity (Wildman–Crippen MR) is 84.0 cm³/mol. The molecule has 0 radical (unpaired) electrons. The summed E-state index contributed by atoms with van der Waals surface area (Å²) in [4.78, 5) is 25.0. The zero-order chi connectivity index (χ0) is 15.0. The van der Waals surface area contributed by atoms with Crippen LogP contribution in [0.5, 0.6) is 0 Å². The van der Waals surface area contributed by atoms with E-state index in [0.29, 0.717) is 28.3 Å². The van der Waals surface area contributed by atoms with Crippen molar-refractivity contribution < 1.29 is 9.59 Å². The van der Waals surface area contributed by atoms with Gasteiger partial charge in [0.2, 0.25) is 0 Å². The average molecular weight is 283 g/mol. The van der Waals surface area contributed by atoms with Crippen molar-refractivity contribution >= 4 is 17.3 Å². The maximum absolute atomic E-state index is 12.6. The summed E-state index contributed by atoms with van der Waals surface area (Å²) in [5, 5.41) is 3.50. The van der Waals surface area contributed by atoms with Crippen LogP contribution in [-0.2, 0) is 0 Å². The molecule has 3 rings (SSSR count). The molecule has 1 aromatic carbocycles. The minimum absolute atomic E-state index is 0.0130. The van der Waals surface area contributed by atoms with E-state index in [9.17, 15) is 9.59 Å². The van der Waals surface area contributed by atoms with E-state index in [4.69, 9.17) is 0 Å². The maximum Gasteiger partial charge on any atom is 0.191 e. The number of fused-ring (bicyclic) bond motifs is 1. The Kier molecular flexibility index (Phi) is 3.66. The molecule has 1 aromatic rings. The van der Waals surface area contributed by atoms with Crippen molar-refractivity contribution in [2.24, 2.45) is 0 Å². The SMILES string of the molecule is CC1=C(C)C(=O)c2c(NC3CCCCC3)cccc2C1=O. The van der Waals surface area contributed by atoms with Crippen LogP contribution in [0.25, 0.3) is 0 Å². The minimum atomic E-state index is -0.0191. The largest absolute Gasteiger partial charge is 0.382 e. The van der Waals surface area contributed by atoms with Crippen molar-refractivity contribution in [1.82, 2.24) is 0 Å². The van der Waals surface area contributed by atoms with E-state index in [-0.39, 0.29) is 11.6 Å². The first-order valence-electron chi connectivity index (χ1n) is 7.76. The Morgan fingerprint density at radius 1 is 0.952 bits per heavy atom. The van der Waals surface area contributed by atoms with Gasteiger partial charge in [-0.3, -0.25) is 9.59 Å². The summed E-state index contributed by atoms with van der Waals surface area (Å²) in [6.07, 6.45) is 6.04. The molecule has 2 aliphatic carbocycles. The average Bonchev–Trinajstić information content (AvgIpc) is 2.51. The molecule has 0 bridgehead atoms. The second-order valence-electron chi connectivity index (χ2n) is 6.12. The fourth-order valence-electron chi connectivity index (χ4n) is 3.30. The fourth-order valence-corrected chi connectivity index (χ4v) is 3.30. The van der Waals surface area contributed by atoms with Gasteiger partial charge in [0, 0.05) is 28.4 Å². The molecule has 3 heteroatoms. The molecule has 0 aliphatic heterocycles.